The lowest BCUT2D eigenvalue weighted by Crippen LogP contribution is -2.43. The number of thiophene rings is 1. The van der Waals surface area contributed by atoms with Crippen LogP contribution in [0, 0.1) is 5.82 Å². The molecule has 6 rings (SSSR count). The Kier molecular flexibility index (Phi) is 8.08. The van der Waals surface area contributed by atoms with Crippen LogP contribution in [0.5, 0.6) is 11.5 Å². The summed E-state index contributed by atoms with van der Waals surface area (Å²) < 4.78 is 47.3. The summed E-state index contributed by atoms with van der Waals surface area (Å²) in [4.78, 5) is 24.3. The van der Waals surface area contributed by atoms with Crippen molar-refractivity contribution in [3.05, 3.63) is 66.2 Å². The maximum Gasteiger partial charge on any atom is 0.319 e. The summed E-state index contributed by atoms with van der Waals surface area (Å²) in [7, 11) is -3.19. The van der Waals surface area contributed by atoms with Crippen molar-refractivity contribution >= 4 is 43.3 Å². The molecule has 13 heteroatoms. The molecule has 2 aliphatic rings. The summed E-state index contributed by atoms with van der Waals surface area (Å²) in [6, 6.07) is 11.8. The second kappa shape index (κ2) is 11.9. The van der Waals surface area contributed by atoms with Crippen LogP contribution in [0.15, 0.2) is 54.9 Å². The number of halogens is 1. The van der Waals surface area contributed by atoms with Gasteiger partial charge in [0.25, 0.3) is 0 Å². The molecule has 0 radical (unpaired) electrons. The molecular formula is C29H31FN6O4S2. The number of hydrogen-bond acceptors (Lipinski definition) is 8. The van der Waals surface area contributed by atoms with Gasteiger partial charge < -0.3 is 15.4 Å². The summed E-state index contributed by atoms with van der Waals surface area (Å²) in [5.74, 6) is -0.0639. The highest BCUT2D eigenvalue weighted by atomic mass is 32.2. The lowest BCUT2D eigenvalue weighted by Gasteiger charge is -2.31. The van der Waals surface area contributed by atoms with E-state index in [1.807, 2.05) is 24.4 Å². The Balaban J connectivity index is 1.10. The van der Waals surface area contributed by atoms with Crippen LogP contribution in [0.25, 0.3) is 20.8 Å². The van der Waals surface area contributed by atoms with E-state index >= 15 is 0 Å². The fraction of sp³-hybridized carbons (Fsp3) is 0.345. The number of hydrogen-bond donors (Lipinski definition) is 3. The minimum absolute atomic E-state index is 0.00937. The Morgan fingerprint density at radius 2 is 1.86 bits per heavy atom. The number of urea groups is 1. The van der Waals surface area contributed by atoms with Crippen molar-refractivity contribution in [3.63, 3.8) is 0 Å². The topological polar surface area (TPSA) is 126 Å². The van der Waals surface area contributed by atoms with E-state index in [-0.39, 0.29) is 23.9 Å². The molecule has 0 bridgehead atoms. The largest absolute Gasteiger partial charge is 0.453 e. The summed E-state index contributed by atoms with van der Waals surface area (Å²) in [6.45, 7) is 2.38. The number of amides is 2. The minimum atomic E-state index is -3.19. The molecule has 42 heavy (non-hydrogen) atoms. The van der Waals surface area contributed by atoms with Crippen molar-refractivity contribution in [2.45, 2.75) is 44.3 Å². The normalized spacial score (nSPS) is 16.4. The number of rotatable bonds is 9. The second-order valence-corrected chi connectivity index (χ2v) is 13.6. The average Bonchev–Trinajstić information content (AvgIpc) is 3.64. The molecule has 10 nitrogen and oxygen atoms in total. The molecular weight excluding hydrogens is 579 g/mol. The summed E-state index contributed by atoms with van der Waals surface area (Å²) in [6.07, 6.45) is 8.17. The van der Waals surface area contributed by atoms with Crippen molar-refractivity contribution in [1.82, 2.24) is 24.9 Å². The zero-order chi connectivity index (χ0) is 29.3. The number of ether oxygens (including phenoxy) is 1. The maximum absolute atomic E-state index is 14.9. The smallest absolute Gasteiger partial charge is 0.319 e. The quantitative estimate of drug-likeness (QED) is 0.241. The third-order valence-electron chi connectivity index (χ3n) is 7.15. The molecule has 4 aromatic rings. The Bertz CT molecular complexity index is 1700. The van der Waals surface area contributed by atoms with Gasteiger partial charge in [0.1, 0.15) is 5.75 Å². The van der Waals surface area contributed by atoms with Crippen LogP contribution >= 0.6 is 11.3 Å². The Morgan fingerprint density at radius 1 is 1.05 bits per heavy atom. The van der Waals surface area contributed by atoms with E-state index in [9.17, 15) is 17.6 Å². The first-order valence-corrected chi connectivity index (χ1v) is 16.5. The molecule has 1 saturated carbocycles. The van der Waals surface area contributed by atoms with Crippen molar-refractivity contribution in [2.75, 3.05) is 24.7 Å². The highest BCUT2D eigenvalue weighted by Crippen LogP contribution is 2.39. The van der Waals surface area contributed by atoms with Crippen molar-refractivity contribution in [2.24, 2.45) is 0 Å². The van der Waals surface area contributed by atoms with E-state index < -0.39 is 15.8 Å². The van der Waals surface area contributed by atoms with Gasteiger partial charge >= 0.3 is 6.03 Å². The van der Waals surface area contributed by atoms with E-state index in [1.54, 1.807) is 18.3 Å². The monoisotopic (exact) mass is 610 g/mol. The first kappa shape index (κ1) is 28.5. The van der Waals surface area contributed by atoms with Crippen LogP contribution in [0.4, 0.5) is 14.9 Å². The number of carbonyl (C=O) groups excluding carboxylic acids is 1. The molecule has 3 aromatic heterocycles. The second-order valence-electron chi connectivity index (χ2n) is 10.7. The number of aromatic nitrogens is 2. The molecule has 0 spiro atoms. The highest BCUT2D eigenvalue weighted by Gasteiger charge is 2.24. The van der Waals surface area contributed by atoms with Crippen LogP contribution in [0.1, 0.15) is 31.2 Å². The van der Waals surface area contributed by atoms with Crippen LogP contribution in [-0.4, -0.2) is 60.7 Å². The first-order valence-electron chi connectivity index (χ1n) is 13.8. The molecule has 220 valence electrons. The number of nitrogens with one attached hydrogen (secondary N) is 3. The zero-order valence-electron chi connectivity index (χ0n) is 23.0. The molecule has 0 unspecified atom stereocenters. The molecule has 1 aromatic carbocycles. The lowest BCUT2D eigenvalue weighted by atomic mass is 10.1. The maximum atomic E-state index is 14.9. The third kappa shape index (κ3) is 7.21. The highest BCUT2D eigenvalue weighted by molar-refractivity contribution is 7.88. The fourth-order valence-corrected chi connectivity index (χ4v) is 6.80. The van der Waals surface area contributed by atoms with E-state index in [0.717, 1.165) is 71.7 Å². The molecule has 2 fully saturated rings. The zero-order valence-corrected chi connectivity index (χ0v) is 24.6. The van der Waals surface area contributed by atoms with Gasteiger partial charge in [-0.1, -0.05) is 6.07 Å². The lowest BCUT2D eigenvalue weighted by molar-refractivity contribution is 0.200. The Labute approximate surface area is 247 Å². The number of nitrogens with zero attached hydrogens (tertiary/aromatic N) is 3. The van der Waals surface area contributed by atoms with Gasteiger partial charge in [0.05, 0.1) is 27.0 Å². The van der Waals surface area contributed by atoms with E-state index in [4.69, 9.17) is 4.74 Å². The number of anilines is 1. The number of benzene rings is 1. The average molecular weight is 611 g/mol. The predicted octanol–water partition coefficient (Wildman–Crippen LogP) is 5.09. The van der Waals surface area contributed by atoms with E-state index in [2.05, 4.69) is 30.2 Å². The molecule has 4 heterocycles. The van der Waals surface area contributed by atoms with Crippen LogP contribution < -0.4 is 20.1 Å². The van der Waals surface area contributed by atoms with Gasteiger partial charge in [0, 0.05) is 61.9 Å². The summed E-state index contributed by atoms with van der Waals surface area (Å²) in [5, 5.41) is 5.45. The molecule has 1 aliphatic heterocycles. The molecule has 1 saturated heterocycles. The van der Waals surface area contributed by atoms with E-state index in [0.29, 0.717) is 11.4 Å². The van der Waals surface area contributed by atoms with Crippen molar-refractivity contribution in [3.8, 4) is 22.1 Å². The number of fused-ring (bicyclic) bond motifs is 1. The SMILES string of the molecule is CS(=O)(=O)NC1CCN(Cc2ccc(-c3cc4nccc(Oc5ccc(NC(=O)NC6CC6)cc5F)c4s3)nc2)CC1. The standard InChI is InChI=1S/C29H31FN6O4S2/c1-42(38,39)35-20-9-12-36(13-10-20)17-18-2-6-23(32-16-18)27-15-24-28(41-27)26(8-11-31-24)40-25-7-5-21(14-22(25)30)34-29(37)33-19-3-4-19/h2,5-8,11,14-16,19-20,35H,3-4,9-10,12-13,17H2,1H3,(H2,33,34,37). The van der Waals surface area contributed by atoms with Crippen LogP contribution in [0.2, 0.25) is 0 Å². The molecule has 2 amide bonds. The Hall–Kier alpha value is -3.65. The van der Waals surface area contributed by atoms with Gasteiger partial charge in [0.15, 0.2) is 11.6 Å². The number of pyridine rings is 2. The Morgan fingerprint density at radius 3 is 2.55 bits per heavy atom. The molecule has 3 N–H and O–H groups in total. The predicted molar refractivity (Wildman–Crippen MR) is 161 cm³/mol. The van der Waals surface area contributed by atoms with Crippen molar-refractivity contribution in [1.29, 1.82) is 0 Å². The van der Waals surface area contributed by atoms with Crippen LogP contribution in [-0.2, 0) is 16.6 Å². The van der Waals surface area contributed by atoms with E-state index in [1.165, 1.54) is 29.7 Å². The van der Waals surface area contributed by atoms with Crippen molar-refractivity contribution < 1.29 is 22.3 Å². The summed E-state index contributed by atoms with van der Waals surface area (Å²) >= 11 is 1.47. The molecule has 0 atom stereocenters. The number of sulfonamides is 1. The molecule has 1 aliphatic carbocycles. The third-order valence-corrected chi connectivity index (χ3v) is 9.07. The number of likely N-dealkylation sites (tertiary alicyclic amines) is 1. The first-order chi connectivity index (χ1) is 20.2. The van der Waals surface area contributed by atoms with Gasteiger partial charge in [-0.15, -0.1) is 11.3 Å². The minimum Gasteiger partial charge on any atom is -0.453 e. The van der Waals surface area contributed by atoms with Gasteiger partial charge in [-0.25, -0.2) is 22.3 Å². The van der Waals surface area contributed by atoms with Crippen LogP contribution in [0.3, 0.4) is 0 Å². The van der Waals surface area contributed by atoms with Gasteiger partial charge in [-0.2, -0.15) is 0 Å². The van der Waals surface area contributed by atoms with Gasteiger partial charge in [0.2, 0.25) is 10.0 Å². The van der Waals surface area contributed by atoms with Gasteiger partial charge in [-0.05, 0) is 55.5 Å². The number of piperidine rings is 1. The fourth-order valence-electron chi connectivity index (χ4n) is 4.92. The number of carbonyl (C=O) groups is 1. The summed E-state index contributed by atoms with van der Waals surface area (Å²) in [5.41, 5.74) is 2.95. The van der Waals surface area contributed by atoms with Gasteiger partial charge in [-0.3, -0.25) is 14.9 Å².